The molecule has 0 radical (unpaired) electrons. The minimum atomic E-state index is -0.273. The van der Waals surface area contributed by atoms with E-state index in [1.807, 2.05) is 6.92 Å². The van der Waals surface area contributed by atoms with Crippen LogP contribution in [0.4, 0.5) is 0 Å². The molecule has 0 saturated carbocycles. The van der Waals surface area contributed by atoms with Crippen molar-refractivity contribution in [3.63, 3.8) is 0 Å². The third-order valence-corrected chi connectivity index (χ3v) is 3.04. The van der Waals surface area contributed by atoms with Crippen LogP contribution in [0.3, 0.4) is 0 Å². The molecule has 1 fully saturated rings. The molecule has 0 spiro atoms. The van der Waals surface area contributed by atoms with Gasteiger partial charge in [0.1, 0.15) is 0 Å². The number of aryl methyl sites for hydroxylation is 1. The van der Waals surface area contributed by atoms with Crippen LogP contribution in [0.15, 0.2) is 16.9 Å². The fourth-order valence-corrected chi connectivity index (χ4v) is 1.92. The summed E-state index contributed by atoms with van der Waals surface area (Å²) in [6.45, 7) is 3.72. The van der Waals surface area contributed by atoms with Crippen molar-refractivity contribution in [1.29, 1.82) is 0 Å². The van der Waals surface area contributed by atoms with E-state index in [0.717, 1.165) is 25.7 Å². The summed E-state index contributed by atoms with van der Waals surface area (Å²) in [7, 11) is 0. The lowest BCUT2D eigenvalue weighted by Crippen LogP contribution is -2.37. The van der Waals surface area contributed by atoms with Crippen molar-refractivity contribution in [1.82, 2.24) is 14.8 Å². The first kappa shape index (κ1) is 13.7. The van der Waals surface area contributed by atoms with Crippen LogP contribution in [-0.2, 0) is 11.4 Å². The normalized spacial score (nSPS) is 15.5. The molecule has 0 N–H and O–H groups in total. The summed E-state index contributed by atoms with van der Waals surface area (Å²) in [5, 5.41) is 5.45. The monoisotopic (exact) mass is 265 g/mol. The Bertz CT molecular complexity index is 492. The van der Waals surface area contributed by atoms with Crippen LogP contribution in [0.25, 0.3) is 0 Å². The van der Waals surface area contributed by atoms with Crippen LogP contribution in [0.2, 0.25) is 0 Å². The summed E-state index contributed by atoms with van der Waals surface area (Å²) >= 11 is 0. The minimum absolute atomic E-state index is 0.176. The molecule has 1 aliphatic rings. The number of nitrogens with zero attached hydrogens (tertiary/aromatic N) is 3. The summed E-state index contributed by atoms with van der Waals surface area (Å²) < 4.78 is 1.35. The zero-order chi connectivity index (χ0) is 13.7. The molecule has 2 rings (SSSR count). The van der Waals surface area contributed by atoms with Crippen LogP contribution in [-0.4, -0.2) is 33.9 Å². The largest absolute Gasteiger partial charge is 0.297 e. The summed E-state index contributed by atoms with van der Waals surface area (Å²) in [5.41, 5.74) is 0.0853. The van der Waals surface area contributed by atoms with E-state index in [4.69, 9.17) is 4.84 Å². The Labute approximate surface area is 111 Å². The van der Waals surface area contributed by atoms with Crippen molar-refractivity contribution >= 4 is 5.91 Å². The third-order valence-electron chi connectivity index (χ3n) is 3.04. The smallest absolute Gasteiger partial charge is 0.271 e. The molecule has 0 aromatic carbocycles. The van der Waals surface area contributed by atoms with Crippen molar-refractivity contribution in [2.24, 2.45) is 0 Å². The van der Waals surface area contributed by atoms with E-state index >= 15 is 0 Å². The molecule has 1 aliphatic heterocycles. The first-order chi connectivity index (χ1) is 9.22. The highest BCUT2D eigenvalue weighted by Gasteiger charge is 2.21. The highest BCUT2D eigenvalue weighted by molar-refractivity contribution is 5.91. The number of carbonyl (C=O) groups excluding carboxylic acids is 1. The van der Waals surface area contributed by atoms with E-state index in [0.29, 0.717) is 19.7 Å². The van der Waals surface area contributed by atoms with Gasteiger partial charge in [-0.3, -0.25) is 14.4 Å². The van der Waals surface area contributed by atoms with Gasteiger partial charge in [-0.2, -0.15) is 5.10 Å². The van der Waals surface area contributed by atoms with Crippen molar-refractivity contribution in [3.8, 4) is 0 Å². The first-order valence-electron chi connectivity index (χ1n) is 6.75. The van der Waals surface area contributed by atoms with E-state index in [2.05, 4.69) is 5.10 Å². The van der Waals surface area contributed by atoms with Gasteiger partial charge in [0.25, 0.3) is 11.5 Å². The summed E-state index contributed by atoms with van der Waals surface area (Å²) in [6.07, 6.45) is 3.74. The molecule has 1 amide bonds. The zero-order valence-corrected chi connectivity index (χ0v) is 11.2. The molecular formula is C13H19N3O3. The Hall–Kier alpha value is -1.69. The number of amides is 1. The SMILES string of the molecule is CCCCn1nc(C(=O)N2CCCCO2)ccc1=O. The third kappa shape index (κ3) is 3.41. The number of unbranched alkanes of at least 4 members (excludes halogenated alkanes) is 1. The van der Waals surface area contributed by atoms with Crippen LogP contribution >= 0.6 is 0 Å². The van der Waals surface area contributed by atoms with Gasteiger partial charge in [-0.25, -0.2) is 9.75 Å². The van der Waals surface area contributed by atoms with Crippen molar-refractivity contribution in [2.45, 2.75) is 39.2 Å². The lowest BCUT2D eigenvalue weighted by atomic mass is 10.3. The van der Waals surface area contributed by atoms with E-state index < -0.39 is 0 Å². The number of hydrogen-bond acceptors (Lipinski definition) is 4. The summed E-state index contributed by atoms with van der Waals surface area (Å²) in [5.74, 6) is -0.273. The van der Waals surface area contributed by atoms with Crippen LogP contribution in [0.1, 0.15) is 43.1 Å². The standard InChI is InChI=1S/C13H19N3O3/c1-2-3-8-15-12(17)7-6-11(14-15)13(18)16-9-4-5-10-19-16/h6-7H,2-5,8-10H2,1H3. The number of rotatable bonds is 4. The highest BCUT2D eigenvalue weighted by Crippen LogP contribution is 2.09. The number of carbonyl (C=O) groups is 1. The second-order valence-corrected chi connectivity index (χ2v) is 4.58. The number of aromatic nitrogens is 2. The quantitative estimate of drug-likeness (QED) is 0.821. The maximum Gasteiger partial charge on any atom is 0.297 e. The molecule has 6 nitrogen and oxygen atoms in total. The molecule has 0 aliphatic carbocycles. The van der Waals surface area contributed by atoms with Crippen LogP contribution < -0.4 is 5.56 Å². The molecule has 0 unspecified atom stereocenters. The van der Waals surface area contributed by atoms with E-state index in [1.165, 1.54) is 21.9 Å². The van der Waals surface area contributed by atoms with E-state index in [9.17, 15) is 9.59 Å². The maximum absolute atomic E-state index is 12.2. The molecule has 6 heteroatoms. The zero-order valence-electron chi connectivity index (χ0n) is 11.2. The molecule has 0 atom stereocenters. The molecule has 19 heavy (non-hydrogen) atoms. The van der Waals surface area contributed by atoms with Gasteiger partial charge in [0.2, 0.25) is 0 Å². The van der Waals surface area contributed by atoms with Gasteiger partial charge >= 0.3 is 0 Å². The van der Waals surface area contributed by atoms with Crippen molar-refractivity contribution in [2.75, 3.05) is 13.2 Å². The average molecular weight is 265 g/mol. The molecule has 1 aromatic rings. The summed E-state index contributed by atoms with van der Waals surface area (Å²) in [4.78, 5) is 29.1. The molecule has 0 bridgehead atoms. The van der Waals surface area contributed by atoms with Crippen LogP contribution in [0, 0.1) is 0 Å². The molecule has 104 valence electrons. The number of hydrogen-bond donors (Lipinski definition) is 0. The van der Waals surface area contributed by atoms with Gasteiger partial charge in [-0.15, -0.1) is 0 Å². The Morgan fingerprint density at radius 3 is 2.95 bits per heavy atom. The molecule has 1 aromatic heterocycles. The van der Waals surface area contributed by atoms with Gasteiger partial charge in [-0.05, 0) is 25.3 Å². The Morgan fingerprint density at radius 1 is 1.42 bits per heavy atom. The van der Waals surface area contributed by atoms with Gasteiger partial charge in [0.15, 0.2) is 5.69 Å². The van der Waals surface area contributed by atoms with E-state index in [-0.39, 0.29) is 17.2 Å². The Kier molecular flexibility index (Phi) is 4.68. The molecule has 1 saturated heterocycles. The van der Waals surface area contributed by atoms with Gasteiger partial charge in [0.05, 0.1) is 6.61 Å². The predicted molar refractivity (Wildman–Crippen MR) is 69.6 cm³/mol. The average Bonchev–Trinajstić information content (AvgIpc) is 2.46. The molecular weight excluding hydrogens is 246 g/mol. The first-order valence-corrected chi connectivity index (χ1v) is 6.75. The lowest BCUT2D eigenvalue weighted by molar-refractivity contribution is -0.144. The van der Waals surface area contributed by atoms with Gasteiger partial charge in [-0.1, -0.05) is 13.3 Å². The second-order valence-electron chi connectivity index (χ2n) is 4.58. The second kappa shape index (κ2) is 6.47. The van der Waals surface area contributed by atoms with Crippen molar-refractivity contribution < 1.29 is 9.63 Å². The predicted octanol–water partition coefficient (Wildman–Crippen LogP) is 1.21. The Morgan fingerprint density at radius 2 is 2.26 bits per heavy atom. The fourth-order valence-electron chi connectivity index (χ4n) is 1.92. The maximum atomic E-state index is 12.2. The highest BCUT2D eigenvalue weighted by atomic mass is 16.7. The van der Waals surface area contributed by atoms with Gasteiger partial charge in [0, 0.05) is 19.2 Å². The minimum Gasteiger partial charge on any atom is -0.271 e. The Balaban J connectivity index is 2.14. The van der Waals surface area contributed by atoms with E-state index in [1.54, 1.807) is 0 Å². The van der Waals surface area contributed by atoms with Crippen LogP contribution in [0.5, 0.6) is 0 Å². The fraction of sp³-hybridized carbons (Fsp3) is 0.615. The summed E-state index contributed by atoms with van der Waals surface area (Å²) in [6, 6.07) is 2.85. The number of hydroxylamine groups is 2. The molecule has 2 heterocycles. The topological polar surface area (TPSA) is 64.4 Å². The lowest BCUT2D eigenvalue weighted by Gasteiger charge is -2.25. The van der Waals surface area contributed by atoms with Gasteiger partial charge < -0.3 is 0 Å². The van der Waals surface area contributed by atoms with Crippen molar-refractivity contribution in [3.05, 3.63) is 28.2 Å².